The van der Waals surface area contributed by atoms with Gasteiger partial charge in [0.2, 0.25) is 11.8 Å². The lowest BCUT2D eigenvalue weighted by atomic mass is 10.1. The molecule has 0 bridgehead atoms. The van der Waals surface area contributed by atoms with Crippen LogP contribution in [0.15, 0.2) is 34.8 Å². The Kier molecular flexibility index (Phi) is 5.48. The van der Waals surface area contributed by atoms with Crippen LogP contribution < -0.4 is 5.32 Å². The predicted octanol–water partition coefficient (Wildman–Crippen LogP) is 3.36. The van der Waals surface area contributed by atoms with Crippen LogP contribution in [0.2, 0.25) is 0 Å². The number of likely N-dealkylation sites (tertiary alicyclic amines) is 1. The molecule has 1 aromatic heterocycles. The number of amides is 2. The maximum absolute atomic E-state index is 12.1. The molecule has 0 unspecified atom stereocenters. The number of carbonyl (C=O) groups excluding carboxylic acids is 2. The standard InChI is InChI=1S/C20H25N3O4/c1-20(2,3)27-19(25)23-12-10-14(11-13-23)21-17(24)8-9-18-22-15-6-4-5-7-16(15)26-18/h4-9,14H,10-13H2,1-3H3,(H,21,24). The van der Waals surface area contributed by atoms with Crippen LogP contribution >= 0.6 is 0 Å². The van der Waals surface area contributed by atoms with Crippen LogP contribution in [0.4, 0.5) is 4.79 Å². The summed E-state index contributed by atoms with van der Waals surface area (Å²) in [5.41, 5.74) is 0.941. The Balaban J connectivity index is 1.47. The van der Waals surface area contributed by atoms with Gasteiger partial charge in [-0.2, -0.15) is 0 Å². The van der Waals surface area contributed by atoms with E-state index in [1.807, 2.05) is 45.0 Å². The van der Waals surface area contributed by atoms with E-state index in [1.165, 1.54) is 6.08 Å². The molecular formula is C20H25N3O4. The van der Waals surface area contributed by atoms with Crippen LogP contribution in [-0.2, 0) is 9.53 Å². The van der Waals surface area contributed by atoms with Gasteiger partial charge in [-0.05, 0) is 45.7 Å². The van der Waals surface area contributed by atoms with Crippen molar-refractivity contribution in [3.63, 3.8) is 0 Å². The lowest BCUT2D eigenvalue weighted by Gasteiger charge is -2.33. The van der Waals surface area contributed by atoms with Crippen LogP contribution in [0.3, 0.4) is 0 Å². The molecule has 144 valence electrons. The first-order valence-electron chi connectivity index (χ1n) is 9.12. The van der Waals surface area contributed by atoms with E-state index < -0.39 is 5.60 Å². The summed E-state index contributed by atoms with van der Waals surface area (Å²) < 4.78 is 10.9. The molecule has 1 saturated heterocycles. The number of nitrogens with one attached hydrogen (secondary N) is 1. The van der Waals surface area contributed by atoms with Crippen molar-refractivity contribution in [3.8, 4) is 0 Å². The Morgan fingerprint density at radius 2 is 1.96 bits per heavy atom. The summed E-state index contributed by atoms with van der Waals surface area (Å²) >= 11 is 0. The highest BCUT2D eigenvalue weighted by Gasteiger charge is 2.27. The number of oxazole rings is 1. The number of ether oxygens (including phenoxy) is 1. The average Bonchev–Trinajstić information content (AvgIpc) is 3.02. The number of fused-ring (bicyclic) bond motifs is 1. The molecule has 1 fully saturated rings. The van der Waals surface area contributed by atoms with E-state index in [1.54, 1.807) is 11.0 Å². The minimum Gasteiger partial charge on any atom is -0.444 e. The van der Waals surface area contributed by atoms with Gasteiger partial charge in [-0.1, -0.05) is 12.1 Å². The Bertz CT molecular complexity index is 809. The molecule has 0 spiro atoms. The number of rotatable bonds is 3. The first-order chi connectivity index (χ1) is 12.8. The van der Waals surface area contributed by atoms with Crippen molar-refractivity contribution in [2.75, 3.05) is 13.1 Å². The minimum atomic E-state index is -0.502. The van der Waals surface area contributed by atoms with Crippen molar-refractivity contribution in [1.29, 1.82) is 0 Å². The molecule has 1 aromatic carbocycles. The summed E-state index contributed by atoms with van der Waals surface area (Å²) in [6, 6.07) is 7.48. The Morgan fingerprint density at radius 1 is 1.26 bits per heavy atom. The first kappa shape index (κ1) is 18.9. The molecule has 0 atom stereocenters. The fourth-order valence-corrected chi connectivity index (χ4v) is 2.89. The van der Waals surface area contributed by atoms with Gasteiger partial charge in [-0.15, -0.1) is 0 Å². The second kappa shape index (κ2) is 7.82. The van der Waals surface area contributed by atoms with E-state index in [-0.39, 0.29) is 18.0 Å². The number of aromatic nitrogens is 1. The normalized spacial score (nSPS) is 16.0. The van der Waals surface area contributed by atoms with E-state index >= 15 is 0 Å². The van der Waals surface area contributed by atoms with Gasteiger partial charge in [-0.25, -0.2) is 9.78 Å². The zero-order valence-electron chi connectivity index (χ0n) is 15.9. The van der Waals surface area contributed by atoms with Crippen LogP contribution in [0.5, 0.6) is 0 Å². The van der Waals surface area contributed by atoms with Crippen molar-refractivity contribution in [2.45, 2.75) is 45.3 Å². The van der Waals surface area contributed by atoms with E-state index in [0.717, 1.165) is 5.52 Å². The Morgan fingerprint density at radius 3 is 2.63 bits per heavy atom. The number of nitrogens with zero attached hydrogens (tertiary/aromatic N) is 2. The summed E-state index contributed by atoms with van der Waals surface area (Å²) in [6.45, 7) is 6.67. The van der Waals surface area contributed by atoms with E-state index in [4.69, 9.17) is 9.15 Å². The summed E-state index contributed by atoms with van der Waals surface area (Å²) in [5, 5.41) is 2.96. The van der Waals surface area contributed by atoms with Crippen molar-refractivity contribution in [2.24, 2.45) is 0 Å². The number of hydrogen-bond acceptors (Lipinski definition) is 5. The quantitative estimate of drug-likeness (QED) is 0.837. The largest absolute Gasteiger partial charge is 0.444 e. The molecule has 1 aliphatic rings. The lowest BCUT2D eigenvalue weighted by molar-refractivity contribution is -0.117. The molecule has 0 saturated carbocycles. The third-order valence-electron chi connectivity index (χ3n) is 4.18. The van der Waals surface area contributed by atoms with Crippen LogP contribution in [-0.4, -0.2) is 46.6 Å². The first-order valence-corrected chi connectivity index (χ1v) is 9.12. The van der Waals surface area contributed by atoms with Gasteiger partial charge in [-0.3, -0.25) is 4.79 Å². The second-order valence-corrected chi connectivity index (χ2v) is 7.60. The van der Waals surface area contributed by atoms with Crippen molar-refractivity contribution in [1.82, 2.24) is 15.2 Å². The monoisotopic (exact) mass is 371 g/mol. The fraction of sp³-hybridized carbons (Fsp3) is 0.450. The van der Waals surface area contributed by atoms with Gasteiger partial charge >= 0.3 is 6.09 Å². The molecule has 7 nitrogen and oxygen atoms in total. The number of hydrogen-bond donors (Lipinski definition) is 1. The molecule has 2 heterocycles. The van der Waals surface area contributed by atoms with Gasteiger partial charge in [0.25, 0.3) is 0 Å². The Hall–Kier alpha value is -2.83. The topological polar surface area (TPSA) is 84.7 Å². The molecule has 27 heavy (non-hydrogen) atoms. The predicted molar refractivity (Wildman–Crippen MR) is 102 cm³/mol. The summed E-state index contributed by atoms with van der Waals surface area (Å²) in [6.07, 6.45) is 4.07. The highest BCUT2D eigenvalue weighted by Crippen LogP contribution is 2.17. The molecular weight excluding hydrogens is 346 g/mol. The molecule has 0 radical (unpaired) electrons. The third kappa shape index (κ3) is 5.32. The zero-order chi connectivity index (χ0) is 19.4. The van der Waals surface area contributed by atoms with Crippen molar-refractivity contribution in [3.05, 3.63) is 36.2 Å². The lowest BCUT2D eigenvalue weighted by Crippen LogP contribution is -2.47. The third-order valence-corrected chi connectivity index (χ3v) is 4.18. The average molecular weight is 371 g/mol. The van der Waals surface area contributed by atoms with Gasteiger partial charge in [0.15, 0.2) is 5.58 Å². The van der Waals surface area contributed by atoms with Gasteiger partial charge in [0.1, 0.15) is 11.1 Å². The number of para-hydroxylation sites is 2. The van der Waals surface area contributed by atoms with Crippen LogP contribution in [0.1, 0.15) is 39.5 Å². The minimum absolute atomic E-state index is 0.0319. The highest BCUT2D eigenvalue weighted by molar-refractivity contribution is 5.91. The zero-order valence-corrected chi connectivity index (χ0v) is 15.9. The summed E-state index contributed by atoms with van der Waals surface area (Å²) in [7, 11) is 0. The van der Waals surface area contributed by atoms with E-state index in [9.17, 15) is 9.59 Å². The van der Waals surface area contributed by atoms with Crippen molar-refractivity contribution >= 4 is 29.2 Å². The molecule has 0 aliphatic carbocycles. The SMILES string of the molecule is CC(C)(C)OC(=O)N1CCC(NC(=O)C=Cc2nc3ccccc3o2)CC1. The number of piperidine rings is 1. The molecule has 2 amide bonds. The van der Waals surface area contributed by atoms with Crippen LogP contribution in [0, 0.1) is 0 Å². The molecule has 3 rings (SSSR count). The van der Waals surface area contributed by atoms with Crippen LogP contribution in [0.25, 0.3) is 17.2 Å². The van der Waals surface area contributed by atoms with E-state index in [0.29, 0.717) is 37.4 Å². The van der Waals surface area contributed by atoms with Gasteiger partial charge < -0.3 is 19.4 Å². The Labute approximate surface area is 158 Å². The maximum atomic E-state index is 12.1. The number of benzene rings is 1. The molecule has 1 N–H and O–H groups in total. The molecule has 1 aliphatic heterocycles. The fourth-order valence-electron chi connectivity index (χ4n) is 2.89. The second-order valence-electron chi connectivity index (χ2n) is 7.60. The highest BCUT2D eigenvalue weighted by atomic mass is 16.6. The molecule has 7 heteroatoms. The smallest absolute Gasteiger partial charge is 0.410 e. The van der Waals surface area contributed by atoms with Gasteiger partial charge in [0.05, 0.1) is 0 Å². The van der Waals surface area contributed by atoms with Crippen molar-refractivity contribution < 1.29 is 18.7 Å². The summed E-state index contributed by atoms with van der Waals surface area (Å²) in [5.74, 6) is 0.194. The maximum Gasteiger partial charge on any atom is 0.410 e. The number of carbonyl (C=O) groups is 2. The van der Waals surface area contributed by atoms with Gasteiger partial charge in [0, 0.05) is 31.3 Å². The summed E-state index contributed by atoms with van der Waals surface area (Å²) in [4.78, 5) is 30.2. The van der Waals surface area contributed by atoms with E-state index in [2.05, 4.69) is 10.3 Å². The molecule has 2 aromatic rings.